The van der Waals surface area contributed by atoms with Gasteiger partial charge in [0.25, 0.3) is 0 Å². The number of anilines is 3. The monoisotopic (exact) mass is 956 g/mol. The number of hydrogen-bond acceptors (Lipinski definition) is 1. The first-order chi connectivity index (χ1) is 36.9. The van der Waals surface area contributed by atoms with Crippen LogP contribution in [0.2, 0.25) is 0 Å². The van der Waals surface area contributed by atoms with Crippen molar-refractivity contribution in [2.24, 2.45) is 0 Å². The van der Waals surface area contributed by atoms with Gasteiger partial charge in [0.2, 0.25) is 0 Å². The van der Waals surface area contributed by atoms with E-state index >= 15 is 0 Å². The van der Waals surface area contributed by atoms with Crippen molar-refractivity contribution >= 4 is 49.6 Å². The van der Waals surface area contributed by atoms with Gasteiger partial charge < -0.3 is 9.47 Å². The number of benzene rings is 12. The van der Waals surface area contributed by atoms with Crippen molar-refractivity contribution in [1.29, 1.82) is 0 Å². The second-order valence-corrected chi connectivity index (χ2v) is 20.5. The molecule has 1 aliphatic carbocycles. The van der Waals surface area contributed by atoms with Crippen LogP contribution in [0.4, 0.5) is 17.1 Å². The molecular weight excluding hydrogens is 905 g/mol. The zero-order chi connectivity index (χ0) is 50.0. The van der Waals surface area contributed by atoms with Gasteiger partial charge in [0, 0.05) is 38.9 Å². The van der Waals surface area contributed by atoms with Gasteiger partial charge in [-0.2, -0.15) is 0 Å². The maximum atomic E-state index is 2.47. The molecule has 354 valence electrons. The predicted molar refractivity (Wildman–Crippen MR) is 318 cm³/mol. The minimum atomic E-state index is -0.171. The molecule has 0 N–H and O–H groups in total. The third-order valence-corrected chi connectivity index (χ3v) is 15.8. The van der Waals surface area contributed by atoms with E-state index in [1.54, 1.807) is 0 Å². The maximum absolute atomic E-state index is 2.47. The second kappa shape index (κ2) is 17.9. The minimum Gasteiger partial charge on any atom is -0.310 e. The average molecular weight is 957 g/mol. The Kier molecular flexibility index (Phi) is 10.6. The highest BCUT2D eigenvalue weighted by molar-refractivity contribution is 6.10. The van der Waals surface area contributed by atoms with Gasteiger partial charge in [-0.05, 0) is 155 Å². The number of nitrogens with zero attached hydrogens (tertiary/aromatic N) is 2. The van der Waals surface area contributed by atoms with Gasteiger partial charge >= 0.3 is 0 Å². The Morgan fingerprint density at radius 1 is 0.280 bits per heavy atom. The van der Waals surface area contributed by atoms with Crippen LogP contribution in [-0.4, -0.2) is 4.57 Å². The number of hydrogen-bond donors (Lipinski definition) is 0. The Morgan fingerprint density at radius 2 is 0.813 bits per heavy atom. The molecule has 0 fully saturated rings. The van der Waals surface area contributed by atoms with Crippen LogP contribution in [0.15, 0.2) is 279 Å². The fourth-order valence-corrected chi connectivity index (χ4v) is 12.1. The molecule has 12 aromatic carbocycles. The van der Waals surface area contributed by atoms with E-state index in [4.69, 9.17) is 0 Å². The summed E-state index contributed by atoms with van der Waals surface area (Å²) < 4.78 is 2.41. The molecule has 0 spiro atoms. The topological polar surface area (TPSA) is 8.17 Å². The normalized spacial score (nSPS) is 12.5. The van der Waals surface area contributed by atoms with Crippen molar-refractivity contribution in [3.63, 3.8) is 0 Å². The summed E-state index contributed by atoms with van der Waals surface area (Å²) in [5.74, 6) is 0. The van der Waals surface area contributed by atoms with Gasteiger partial charge in [-0.3, -0.25) is 0 Å². The van der Waals surface area contributed by atoms with E-state index in [1.807, 2.05) is 0 Å². The van der Waals surface area contributed by atoms with Crippen LogP contribution in [-0.2, 0) is 5.41 Å². The largest absolute Gasteiger partial charge is 0.310 e. The standard InChI is InChI=1S/C73H52N2/c1-73(2)69-30-15-13-27-65(69)66-43-41-59(48-70(66)73)74(58-39-36-50(37-40-58)49-18-5-3-6-19-49)60-45-55(51-32-34-53(35-33-51)62-29-17-21-52-20-9-10-24-61(52)62)44-56(46-60)64-26-12-11-25-63(64)54-38-42-68-67-28-14-16-31-71(67)75(72(68)47-54)57-22-7-4-8-23-57/h3-48H,1-2H3. The van der Waals surface area contributed by atoms with Crippen LogP contribution in [0, 0.1) is 0 Å². The molecule has 0 saturated heterocycles. The van der Waals surface area contributed by atoms with Crippen molar-refractivity contribution in [1.82, 2.24) is 4.57 Å². The third kappa shape index (κ3) is 7.56. The molecule has 1 aliphatic rings. The zero-order valence-electron chi connectivity index (χ0n) is 42.0. The Balaban J connectivity index is 0.977. The van der Waals surface area contributed by atoms with Crippen LogP contribution >= 0.6 is 0 Å². The first-order valence-electron chi connectivity index (χ1n) is 26.1. The lowest BCUT2D eigenvalue weighted by Gasteiger charge is -2.29. The lowest BCUT2D eigenvalue weighted by atomic mass is 9.82. The van der Waals surface area contributed by atoms with E-state index in [0.29, 0.717) is 0 Å². The summed E-state index contributed by atoms with van der Waals surface area (Å²) in [7, 11) is 0. The molecule has 2 heteroatoms. The molecule has 0 saturated carbocycles. The van der Waals surface area contributed by atoms with E-state index in [9.17, 15) is 0 Å². The first-order valence-corrected chi connectivity index (χ1v) is 26.1. The third-order valence-electron chi connectivity index (χ3n) is 15.8. The lowest BCUT2D eigenvalue weighted by molar-refractivity contribution is 0.660. The van der Waals surface area contributed by atoms with E-state index < -0.39 is 0 Å². The molecule has 13 aromatic rings. The van der Waals surface area contributed by atoms with Gasteiger partial charge in [-0.15, -0.1) is 0 Å². The Bertz CT molecular complexity index is 4290. The van der Waals surface area contributed by atoms with E-state index in [2.05, 4.69) is 302 Å². The zero-order valence-corrected chi connectivity index (χ0v) is 42.0. The summed E-state index contributed by atoms with van der Waals surface area (Å²) in [6.45, 7) is 4.74. The summed E-state index contributed by atoms with van der Waals surface area (Å²) >= 11 is 0. The smallest absolute Gasteiger partial charge is 0.0547 e. The highest BCUT2D eigenvalue weighted by Gasteiger charge is 2.36. The molecule has 2 nitrogen and oxygen atoms in total. The van der Waals surface area contributed by atoms with Gasteiger partial charge in [-0.1, -0.05) is 226 Å². The predicted octanol–water partition coefficient (Wildman–Crippen LogP) is 20.0. The summed E-state index contributed by atoms with van der Waals surface area (Å²) in [5.41, 5.74) is 23.7. The summed E-state index contributed by atoms with van der Waals surface area (Å²) in [5, 5.41) is 4.98. The average Bonchev–Trinajstić information content (AvgIpc) is 3.93. The molecule has 0 radical (unpaired) electrons. The maximum Gasteiger partial charge on any atom is 0.0547 e. The van der Waals surface area contributed by atoms with Gasteiger partial charge in [-0.25, -0.2) is 0 Å². The fourth-order valence-electron chi connectivity index (χ4n) is 12.1. The Hall–Kier alpha value is -9.50. The van der Waals surface area contributed by atoms with Crippen LogP contribution in [0.3, 0.4) is 0 Å². The fraction of sp³-hybridized carbons (Fsp3) is 0.0411. The van der Waals surface area contributed by atoms with E-state index in [1.165, 1.54) is 93.8 Å². The second-order valence-electron chi connectivity index (χ2n) is 20.5. The van der Waals surface area contributed by atoms with Gasteiger partial charge in [0.05, 0.1) is 11.0 Å². The number of aromatic nitrogens is 1. The van der Waals surface area contributed by atoms with Crippen LogP contribution in [0.1, 0.15) is 25.0 Å². The van der Waals surface area contributed by atoms with Crippen molar-refractivity contribution in [2.45, 2.75) is 19.3 Å². The highest BCUT2D eigenvalue weighted by Crippen LogP contribution is 2.51. The Labute approximate surface area is 438 Å². The molecule has 1 heterocycles. The number of para-hydroxylation sites is 2. The minimum absolute atomic E-state index is 0.171. The SMILES string of the molecule is CC1(C)c2ccccc2-c2ccc(N(c3ccc(-c4ccccc4)cc3)c3cc(-c4ccc(-c5cccc6ccccc56)cc4)cc(-c4ccccc4-c4ccc5c6ccccc6n(-c6ccccc6)c5c4)c3)cc21. The molecule has 0 unspecified atom stereocenters. The van der Waals surface area contributed by atoms with Gasteiger partial charge in [0.1, 0.15) is 0 Å². The Morgan fingerprint density at radius 3 is 1.61 bits per heavy atom. The van der Waals surface area contributed by atoms with Crippen molar-refractivity contribution < 1.29 is 0 Å². The molecule has 75 heavy (non-hydrogen) atoms. The molecule has 14 rings (SSSR count). The molecule has 0 atom stereocenters. The first kappa shape index (κ1) is 44.2. The molecule has 1 aromatic heterocycles. The highest BCUT2D eigenvalue weighted by atomic mass is 15.1. The van der Waals surface area contributed by atoms with Gasteiger partial charge in [0.15, 0.2) is 0 Å². The van der Waals surface area contributed by atoms with E-state index in [0.717, 1.165) is 39.4 Å². The van der Waals surface area contributed by atoms with Crippen LogP contribution in [0.25, 0.3) is 105 Å². The lowest BCUT2D eigenvalue weighted by Crippen LogP contribution is -2.16. The van der Waals surface area contributed by atoms with Crippen LogP contribution < -0.4 is 4.90 Å². The van der Waals surface area contributed by atoms with E-state index in [-0.39, 0.29) is 5.41 Å². The van der Waals surface area contributed by atoms with Crippen LogP contribution in [0.5, 0.6) is 0 Å². The quantitative estimate of drug-likeness (QED) is 0.140. The molecule has 0 amide bonds. The van der Waals surface area contributed by atoms with Crippen molar-refractivity contribution in [3.8, 4) is 72.4 Å². The molecule has 0 bridgehead atoms. The number of fused-ring (bicyclic) bond motifs is 7. The summed E-state index contributed by atoms with van der Waals surface area (Å²) in [6.07, 6.45) is 0. The summed E-state index contributed by atoms with van der Waals surface area (Å²) in [4.78, 5) is 2.47. The molecule has 0 aliphatic heterocycles. The summed E-state index contributed by atoms with van der Waals surface area (Å²) in [6, 6.07) is 103. The number of rotatable bonds is 9. The molecular formula is C73H52N2. The van der Waals surface area contributed by atoms with Crippen molar-refractivity contribution in [3.05, 3.63) is 290 Å². The van der Waals surface area contributed by atoms with Crippen molar-refractivity contribution in [2.75, 3.05) is 4.90 Å².